The van der Waals surface area contributed by atoms with Crippen LogP contribution in [0.4, 0.5) is 17.1 Å². The van der Waals surface area contributed by atoms with Crippen LogP contribution in [-0.2, 0) is 14.4 Å². The number of ether oxygens (including phenoxy) is 2. The lowest BCUT2D eigenvalue weighted by Crippen LogP contribution is -2.42. The first-order chi connectivity index (χ1) is 12.8. The van der Waals surface area contributed by atoms with Gasteiger partial charge in [-0.3, -0.25) is 14.4 Å². The van der Waals surface area contributed by atoms with Gasteiger partial charge in [-0.2, -0.15) is 0 Å². The molecule has 2 aromatic rings. The van der Waals surface area contributed by atoms with Crippen LogP contribution in [0.25, 0.3) is 0 Å². The Morgan fingerprint density at radius 3 is 2.15 bits per heavy atom. The summed E-state index contributed by atoms with van der Waals surface area (Å²) in [4.78, 5) is 37.7. The van der Waals surface area contributed by atoms with Crippen LogP contribution in [0, 0.1) is 0 Å². The van der Waals surface area contributed by atoms with Crippen molar-refractivity contribution in [3.8, 4) is 11.5 Å². The number of carbonyl (C=O) groups is 3. The van der Waals surface area contributed by atoms with Gasteiger partial charge in [0.15, 0.2) is 0 Å². The quantitative estimate of drug-likeness (QED) is 0.611. The van der Waals surface area contributed by atoms with Crippen molar-refractivity contribution in [1.82, 2.24) is 0 Å². The number of imide groups is 1. The molecule has 142 valence electrons. The molecule has 0 unspecified atom stereocenters. The zero-order valence-corrected chi connectivity index (χ0v) is 15.7. The number of halogens is 1. The average Bonchev–Trinajstić information content (AvgIpc) is 2.64. The highest BCUT2D eigenvalue weighted by Crippen LogP contribution is 2.35. The minimum atomic E-state index is -1.07. The van der Waals surface area contributed by atoms with Crippen LogP contribution in [0.1, 0.15) is 6.92 Å². The predicted molar refractivity (Wildman–Crippen MR) is 102 cm³/mol. The minimum absolute atomic E-state index is 0.165. The molecule has 0 aliphatic rings. The van der Waals surface area contributed by atoms with Crippen molar-refractivity contribution in [3.63, 3.8) is 0 Å². The molecule has 0 fully saturated rings. The third-order valence-corrected chi connectivity index (χ3v) is 3.88. The molecule has 0 saturated carbocycles. The average molecular weight is 392 g/mol. The summed E-state index contributed by atoms with van der Waals surface area (Å²) in [5.74, 6) is -2.22. The number of nitrogens with one attached hydrogen (secondary N) is 1. The maximum Gasteiger partial charge on any atom is 0.323 e. The highest BCUT2D eigenvalue weighted by molar-refractivity contribution is 6.48. The summed E-state index contributed by atoms with van der Waals surface area (Å²) >= 11 is 6.02. The zero-order valence-electron chi connectivity index (χ0n) is 14.9. The van der Waals surface area contributed by atoms with E-state index < -0.39 is 17.7 Å². The number of hydrogen-bond acceptors (Lipinski definition) is 6. The van der Waals surface area contributed by atoms with E-state index in [9.17, 15) is 14.4 Å². The normalized spacial score (nSPS) is 10.1. The minimum Gasteiger partial charge on any atom is -0.495 e. The van der Waals surface area contributed by atoms with Gasteiger partial charge in [-0.15, -0.1) is 0 Å². The molecule has 3 amide bonds. The molecule has 0 spiro atoms. The van der Waals surface area contributed by atoms with Gasteiger partial charge in [-0.05, 0) is 24.3 Å². The van der Waals surface area contributed by atoms with Crippen molar-refractivity contribution in [2.24, 2.45) is 0 Å². The Hall–Kier alpha value is -3.26. The second-order valence-electron chi connectivity index (χ2n) is 5.39. The summed E-state index contributed by atoms with van der Waals surface area (Å²) in [5.41, 5.74) is 6.45. The van der Waals surface area contributed by atoms with Crippen molar-refractivity contribution >= 4 is 46.4 Å². The van der Waals surface area contributed by atoms with Crippen molar-refractivity contribution in [3.05, 3.63) is 41.4 Å². The second-order valence-corrected chi connectivity index (χ2v) is 5.80. The van der Waals surface area contributed by atoms with Gasteiger partial charge < -0.3 is 20.5 Å². The topological polar surface area (TPSA) is 111 Å². The number of carbonyl (C=O) groups excluding carboxylic acids is 3. The van der Waals surface area contributed by atoms with Crippen molar-refractivity contribution in [2.45, 2.75) is 6.92 Å². The first kappa shape index (κ1) is 20.1. The molecule has 0 aromatic heterocycles. The number of nitrogen functional groups attached to an aromatic ring is 1. The van der Waals surface area contributed by atoms with Crippen LogP contribution in [0.3, 0.4) is 0 Å². The summed E-state index contributed by atoms with van der Waals surface area (Å²) in [7, 11) is 2.79. The van der Waals surface area contributed by atoms with Crippen molar-refractivity contribution in [2.75, 3.05) is 30.2 Å². The SMILES string of the molecule is COc1cc(NC(=O)C(=O)N(C(C)=O)c2ccc(N)cc2)c(OC)cc1Cl. The molecule has 9 heteroatoms. The van der Waals surface area contributed by atoms with E-state index in [-0.39, 0.29) is 27.9 Å². The largest absolute Gasteiger partial charge is 0.495 e. The van der Waals surface area contributed by atoms with Gasteiger partial charge in [0.25, 0.3) is 0 Å². The molecule has 0 radical (unpaired) electrons. The molecule has 0 bridgehead atoms. The molecule has 0 aliphatic heterocycles. The maximum absolute atomic E-state index is 12.6. The maximum atomic E-state index is 12.6. The third kappa shape index (κ3) is 4.48. The number of amides is 3. The fraction of sp³-hybridized carbons (Fsp3) is 0.167. The number of benzene rings is 2. The van der Waals surface area contributed by atoms with E-state index in [4.69, 9.17) is 26.8 Å². The van der Waals surface area contributed by atoms with Gasteiger partial charge in [0, 0.05) is 24.7 Å². The third-order valence-electron chi connectivity index (χ3n) is 3.59. The fourth-order valence-corrected chi connectivity index (χ4v) is 2.53. The Bertz CT molecular complexity index is 883. The Kier molecular flexibility index (Phi) is 6.25. The molecule has 3 N–H and O–H groups in total. The lowest BCUT2D eigenvalue weighted by Gasteiger charge is -2.19. The van der Waals surface area contributed by atoms with E-state index in [1.807, 2.05) is 0 Å². The summed E-state index contributed by atoms with van der Waals surface area (Å²) in [6.07, 6.45) is 0. The Morgan fingerprint density at radius 2 is 1.63 bits per heavy atom. The van der Waals surface area contributed by atoms with Crippen LogP contribution in [0.2, 0.25) is 5.02 Å². The molecule has 27 heavy (non-hydrogen) atoms. The summed E-state index contributed by atoms with van der Waals surface area (Å²) in [5, 5.41) is 2.68. The molecular weight excluding hydrogens is 374 g/mol. The van der Waals surface area contributed by atoms with Gasteiger partial charge in [0.05, 0.1) is 30.6 Å². The first-order valence-electron chi connectivity index (χ1n) is 7.71. The van der Waals surface area contributed by atoms with Crippen LogP contribution in [0.15, 0.2) is 36.4 Å². The Morgan fingerprint density at radius 1 is 1.04 bits per heavy atom. The highest BCUT2D eigenvalue weighted by atomic mass is 35.5. The first-order valence-corrected chi connectivity index (χ1v) is 8.09. The van der Waals surface area contributed by atoms with Crippen LogP contribution >= 0.6 is 11.6 Å². The number of anilines is 3. The predicted octanol–water partition coefficient (Wildman–Crippen LogP) is 2.46. The van der Waals surface area contributed by atoms with Gasteiger partial charge in [-0.25, -0.2) is 4.90 Å². The number of hydrogen-bond donors (Lipinski definition) is 2. The summed E-state index contributed by atoms with van der Waals surface area (Å²) in [6.45, 7) is 1.17. The van der Waals surface area contributed by atoms with Crippen molar-refractivity contribution < 1.29 is 23.9 Å². The van der Waals surface area contributed by atoms with Gasteiger partial charge in [0.1, 0.15) is 11.5 Å². The van der Waals surface area contributed by atoms with E-state index in [1.165, 1.54) is 57.5 Å². The lowest BCUT2D eigenvalue weighted by atomic mass is 10.2. The number of rotatable bonds is 4. The fourth-order valence-electron chi connectivity index (χ4n) is 2.30. The molecule has 0 heterocycles. The number of nitrogens with two attached hydrogens (primary N) is 1. The number of methoxy groups -OCH3 is 2. The van der Waals surface area contributed by atoms with Gasteiger partial charge in [-0.1, -0.05) is 11.6 Å². The Labute approximate surface area is 160 Å². The molecule has 2 rings (SSSR count). The number of nitrogens with zero attached hydrogens (tertiary/aromatic N) is 1. The monoisotopic (exact) mass is 391 g/mol. The second kappa shape index (κ2) is 8.41. The van der Waals surface area contributed by atoms with Gasteiger partial charge in [0.2, 0.25) is 5.91 Å². The van der Waals surface area contributed by atoms with Crippen molar-refractivity contribution in [1.29, 1.82) is 0 Å². The lowest BCUT2D eigenvalue weighted by molar-refractivity contribution is -0.136. The van der Waals surface area contributed by atoms with Crippen LogP contribution in [0.5, 0.6) is 11.5 Å². The van der Waals surface area contributed by atoms with Crippen LogP contribution in [-0.4, -0.2) is 31.9 Å². The van der Waals surface area contributed by atoms with E-state index in [1.54, 1.807) is 0 Å². The molecule has 0 aliphatic carbocycles. The molecule has 2 aromatic carbocycles. The Balaban J connectivity index is 2.32. The van der Waals surface area contributed by atoms with E-state index in [0.717, 1.165) is 4.90 Å². The van der Waals surface area contributed by atoms with E-state index >= 15 is 0 Å². The molecular formula is C18H18ClN3O5. The van der Waals surface area contributed by atoms with Crippen LogP contribution < -0.4 is 25.4 Å². The van der Waals surface area contributed by atoms with Gasteiger partial charge >= 0.3 is 11.8 Å². The van der Waals surface area contributed by atoms with E-state index in [0.29, 0.717) is 5.69 Å². The smallest absolute Gasteiger partial charge is 0.323 e. The standard InChI is InChI=1S/C18H18ClN3O5/c1-10(23)22(12-6-4-11(20)5-7-12)18(25)17(24)21-14-9-15(26-2)13(19)8-16(14)27-3/h4-9H,20H2,1-3H3,(H,21,24). The summed E-state index contributed by atoms with van der Waals surface area (Å²) in [6, 6.07) is 8.81. The highest BCUT2D eigenvalue weighted by Gasteiger charge is 2.28. The molecule has 0 saturated heterocycles. The zero-order chi connectivity index (χ0) is 20.1. The summed E-state index contributed by atoms with van der Waals surface area (Å²) < 4.78 is 10.2. The molecule has 0 atom stereocenters. The van der Waals surface area contributed by atoms with E-state index in [2.05, 4.69) is 5.32 Å². The molecule has 8 nitrogen and oxygen atoms in total.